The molecule has 11 nitrogen and oxygen atoms in total. The average molecular weight is 418 g/mol. The summed E-state index contributed by atoms with van der Waals surface area (Å²) in [6.45, 7) is 3.54. The SMILES string of the molecule is COC1C(OC(C)C)=C([C@H](OP(=O)(O)O)C2CC2)O[C@H]1n1ccc(=O)[nH]c1=O. The molecule has 0 radical (unpaired) electrons. The standard InChI is InChI=1S/C16H23N2O9P/c1-8(2)25-13-12(11(9-4-5-9)27-28(21,22)23)26-15(14(13)24-3)18-7-6-10(19)17-16(18)20/h6-9,11,14-15H,4-5H2,1-3H3,(H,17,19,20)(H2,21,22,23)/t11-,14?,15-/m1/s1. The van der Waals surface area contributed by atoms with Crippen molar-refractivity contribution in [3.8, 4) is 0 Å². The van der Waals surface area contributed by atoms with Gasteiger partial charge < -0.3 is 24.0 Å². The Morgan fingerprint density at radius 1 is 1.32 bits per heavy atom. The Kier molecular flexibility index (Phi) is 5.83. The number of methoxy groups -OCH3 is 1. The van der Waals surface area contributed by atoms with Gasteiger partial charge in [0, 0.05) is 19.4 Å². The number of ether oxygens (including phenoxy) is 3. The van der Waals surface area contributed by atoms with Crippen LogP contribution in [0, 0.1) is 5.92 Å². The molecule has 3 atom stereocenters. The molecular weight excluding hydrogens is 395 g/mol. The van der Waals surface area contributed by atoms with E-state index in [1.165, 1.54) is 13.3 Å². The van der Waals surface area contributed by atoms with Gasteiger partial charge in [0.15, 0.2) is 17.6 Å². The fourth-order valence-electron chi connectivity index (χ4n) is 3.05. The van der Waals surface area contributed by atoms with Crippen molar-refractivity contribution in [2.45, 2.75) is 51.2 Å². The van der Waals surface area contributed by atoms with E-state index in [-0.39, 0.29) is 23.5 Å². The molecule has 1 aliphatic carbocycles. The summed E-state index contributed by atoms with van der Waals surface area (Å²) in [5, 5.41) is 0. The van der Waals surface area contributed by atoms with E-state index in [2.05, 4.69) is 4.98 Å². The monoisotopic (exact) mass is 418 g/mol. The molecule has 0 spiro atoms. The summed E-state index contributed by atoms with van der Waals surface area (Å²) in [5.41, 5.74) is -1.29. The van der Waals surface area contributed by atoms with E-state index in [9.17, 15) is 23.9 Å². The van der Waals surface area contributed by atoms with Gasteiger partial charge in [-0.05, 0) is 32.6 Å². The number of rotatable bonds is 8. The maximum Gasteiger partial charge on any atom is 0.470 e. The second-order valence-electron chi connectivity index (χ2n) is 6.93. The molecule has 3 rings (SSSR count). The number of hydrogen-bond acceptors (Lipinski definition) is 7. The van der Waals surface area contributed by atoms with Crippen molar-refractivity contribution in [1.29, 1.82) is 0 Å². The zero-order valence-electron chi connectivity index (χ0n) is 15.6. The molecule has 1 aromatic rings. The van der Waals surface area contributed by atoms with Crippen molar-refractivity contribution in [2.24, 2.45) is 5.92 Å². The number of aromatic nitrogens is 2. The van der Waals surface area contributed by atoms with Gasteiger partial charge in [0.25, 0.3) is 5.56 Å². The smallest absolute Gasteiger partial charge is 0.470 e. The molecule has 0 bridgehead atoms. The fourth-order valence-corrected chi connectivity index (χ4v) is 3.62. The normalized spacial score (nSPS) is 23.8. The summed E-state index contributed by atoms with van der Waals surface area (Å²) >= 11 is 0. The fraction of sp³-hybridized carbons (Fsp3) is 0.625. The molecule has 2 heterocycles. The van der Waals surface area contributed by atoms with Crippen LogP contribution in [0.4, 0.5) is 0 Å². The quantitative estimate of drug-likeness (QED) is 0.516. The molecule has 156 valence electrons. The Morgan fingerprint density at radius 3 is 2.50 bits per heavy atom. The van der Waals surface area contributed by atoms with Gasteiger partial charge >= 0.3 is 13.5 Å². The lowest BCUT2D eigenvalue weighted by molar-refractivity contribution is -0.0503. The first kappa shape index (κ1) is 20.8. The summed E-state index contributed by atoms with van der Waals surface area (Å²) < 4.78 is 34.8. The summed E-state index contributed by atoms with van der Waals surface area (Å²) in [7, 11) is -3.42. The lowest BCUT2D eigenvalue weighted by atomic mass is 10.1. The first-order valence-corrected chi connectivity index (χ1v) is 10.3. The lowest BCUT2D eigenvalue weighted by Gasteiger charge is -2.22. The van der Waals surface area contributed by atoms with Crippen LogP contribution in [-0.4, -0.2) is 44.8 Å². The number of H-pyrrole nitrogens is 1. The van der Waals surface area contributed by atoms with Gasteiger partial charge in [-0.2, -0.15) is 0 Å². The van der Waals surface area contributed by atoms with Crippen LogP contribution in [0.2, 0.25) is 0 Å². The summed E-state index contributed by atoms with van der Waals surface area (Å²) in [4.78, 5) is 44.4. The maximum absolute atomic E-state index is 12.2. The number of nitrogens with zero attached hydrogens (tertiary/aromatic N) is 1. The third-order valence-corrected chi connectivity index (χ3v) is 4.81. The Labute approximate surface area is 160 Å². The molecule has 1 saturated carbocycles. The van der Waals surface area contributed by atoms with Crippen molar-refractivity contribution in [3.05, 3.63) is 44.6 Å². The second kappa shape index (κ2) is 7.84. The molecular formula is C16H23N2O9P. The molecule has 1 aromatic heterocycles. The molecule has 1 aliphatic heterocycles. The summed E-state index contributed by atoms with van der Waals surface area (Å²) in [6.07, 6.45) is -0.616. The molecule has 2 aliphatic rings. The third-order valence-electron chi connectivity index (χ3n) is 4.31. The van der Waals surface area contributed by atoms with Crippen molar-refractivity contribution in [3.63, 3.8) is 0 Å². The molecule has 3 N–H and O–H groups in total. The zero-order valence-corrected chi connectivity index (χ0v) is 16.5. The Bertz CT molecular complexity index is 911. The van der Waals surface area contributed by atoms with Crippen molar-refractivity contribution in [2.75, 3.05) is 7.11 Å². The Morgan fingerprint density at radius 2 is 2.00 bits per heavy atom. The van der Waals surface area contributed by atoms with Crippen LogP contribution in [0.15, 0.2) is 33.4 Å². The van der Waals surface area contributed by atoms with E-state index < -0.39 is 37.5 Å². The highest BCUT2D eigenvalue weighted by atomic mass is 31.2. The van der Waals surface area contributed by atoms with E-state index in [1.54, 1.807) is 13.8 Å². The highest BCUT2D eigenvalue weighted by Crippen LogP contribution is 2.50. The number of nitrogens with one attached hydrogen (secondary N) is 1. The summed E-state index contributed by atoms with van der Waals surface area (Å²) in [6, 6.07) is 1.16. The van der Waals surface area contributed by atoms with Crippen LogP contribution in [0.5, 0.6) is 0 Å². The van der Waals surface area contributed by atoms with Crippen molar-refractivity contribution in [1.82, 2.24) is 9.55 Å². The minimum atomic E-state index is -4.81. The van der Waals surface area contributed by atoms with E-state index in [4.69, 9.17) is 18.7 Å². The predicted molar refractivity (Wildman–Crippen MR) is 95.1 cm³/mol. The van der Waals surface area contributed by atoms with Crippen molar-refractivity contribution < 1.29 is 33.1 Å². The molecule has 0 saturated heterocycles. The van der Waals surface area contributed by atoms with Crippen LogP contribution in [0.1, 0.15) is 32.9 Å². The Hall–Kier alpha value is -1.91. The lowest BCUT2D eigenvalue weighted by Crippen LogP contribution is -2.36. The van der Waals surface area contributed by atoms with Crippen molar-refractivity contribution >= 4 is 7.82 Å². The minimum absolute atomic E-state index is 0.0782. The zero-order chi connectivity index (χ0) is 20.6. The molecule has 28 heavy (non-hydrogen) atoms. The number of phosphoric ester groups is 1. The maximum atomic E-state index is 12.2. The molecule has 1 fully saturated rings. The van der Waals surface area contributed by atoms with Crippen LogP contribution in [-0.2, 0) is 23.3 Å². The first-order chi connectivity index (χ1) is 13.1. The molecule has 1 unspecified atom stereocenters. The van der Waals surface area contributed by atoms with Crippen LogP contribution < -0.4 is 11.2 Å². The summed E-state index contributed by atoms with van der Waals surface area (Å²) in [5.74, 6) is 0.123. The van der Waals surface area contributed by atoms with Crippen LogP contribution >= 0.6 is 7.82 Å². The van der Waals surface area contributed by atoms with Crippen LogP contribution in [0.25, 0.3) is 0 Å². The second-order valence-corrected chi connectivity index (χ2v) is 8.12. The largest absolute Gasteiger partial charge is 0.489 e. The van der Waals surface area contributed by atoms with Gasteiger partial charge in [-0.3, -0.25) is 18.9 Å². The molecule has 0 aromatic carbocycles. The van der Waals surface area contributed by atoms with Gasteiger partial charge in [0.2, 0.25) is 6.23 Å². The van der Waals surface area contributed by atoms with E-state index in [0.717, 1.165) is 10.6 Å². The highest BCUT2D eigenvalue weighted by Gasteiger charge is 2.49. The third kappa shape index (κ3) is 4.56. The van der Waals surface area contributed by atoms with Gasteiger partial charge in [0.1, 0.15) is 6.10 Å². The van der Waals surface area contributed by atoms with Gasteiger partial charge in [0.05, 0.1) is 6.10 Å². The minimum Gasteiger partial charge on any atom is -0.489 e. The van der Waals surface area contributed by atoms with E-state index in [1.807, 2.05) is 0 Å². The Balaban J connectivity index is 2.04. The topological polar surface area (TPSA) is 149 Å². The highest BCUT2D eigenvalue weighted by molar-refractivity contribution is 7.46. The van der Waals surface area contributed by atoms with Gasteiger partial charge in [-0.1, -0.05) is 0 Å². The average Bonchev–Trinajstić information content (AvgIpc) is 3.35. The first-order valence-electron chi connectivity index (χ1n) is 8.76. The van der Waals surface area contributed by atoms with Crippen LogP contribution in [0.3, 0.4) is 0 Å². The number of hydrogen-bond donors (Lipinski definition) is 3. The van der Waals surface area contributed by atoms with Gasteiger partial charge in [-0.25, -0.2) is 9.36 Å². The molecule has 0 amide bonds. The molecule has 12 heteroatoms. The number of aromatic amines is 1. The number of phosphoric acid groups is 1. The predicted octanol–water partition coefficient (Wildman–Crippen LogP) is 0.605. The van der Waals surface area contributed by atoms with E-state index in [0.29, 0.717) is 12.8 Å². The van der Waals surface area contributed by atoms with Gasteiger partial charge in [-0.15, -0.1) is 0 Å². The van der Waals surface area contributed by atoms with E-state index >= 15 is 0 Å².